The molecule has 0 spiro atoms. The lowest BCUT2D eigenvalue weighted by molar-refractivity contribution is -0.123. The van der Waals surface area contributed by atoms with Crippen molar-refractivity contribution < 1.29 is 4.79 Å². The van der Waals surface area contributed by atoms with Gasteiger partial charge in [-0.05, 0) is 31.9 Å². The van der Waals surface area contributed by atoms with Crippen molar-refractivity contribution in [3.8, 4) is 0 Å². The highest BCUT2D eigenvalue weighted by molar-refractivity contribution is 5.82. The summed E-state index contributed by atoms with van der Waals surface area (Å²) in [7, 11) is 0. The fourth-order valence-electron chi connectivity index (χ4n) is 2.05. The minimum atomic E-state index is 0.00571. The van der Waals surface area contributed by atoms with Gasteiger partial charge >= 0.3 is 0 Å². The molecule has 0 aliphatic carbocycles. The van der Waals surface area contributed by atoms with Gasteiger partial charge in [-0.1, -0.05) is 30.3 Å². The van der Waals surface area contributed by atoms with Crippen LogP contribution in [0.2, 0.25) is 0 Å². The van der Waals surface area contributed by atoms with Gasteiger partial charge in [-0.25, -0.2) is 0 Å². The van der Waals surface area contributed by atoms with E-state index in [4.69, 9.17) is 0 Å². The Hall–Kier alpha value is -1.35. The van der Waals surface area contributed by atoms with Crippen LogP contribution in [-0.4, -0.2) is 18.5 Å². The fraction of sp³-hybridized carbons (Fsp3) is 0.462. The van der Waals surface area contributed by atoms with Gasteiger partial charge in [0.2, 0.25) is 5.91 Å². The summed E-state index contributed by atoms with van der Waals surface area (Å²) in [5.41, 5.74) is 1.15. The maximum atomic E-state index is 11.9. The Morgan fingerprint density at radius 1 is 1.44 bits per heavy atom. The number of rotatable bonds is 3. The number of carbonyl (C=O) groups is 1. The maximum Gasteiger partial charge on any atom is 0.237 e. The average Bonchev–Trinajstić information content (AvgIpc) is 2.83. The lowest BCUT2D eigenvalue weighted by Gasteiger charge is -2.17. The Bertz CT molecular complexity index is 344. The predicted molar refractivity (Wildman–Crippen MR) is 64.0 cm³/mol. The maximum absolute atomic E-state index is 11.9. The summed E-state index contributed by atoms with van der Waals surface area (Å²) in [5, 5.41) is 6.24. The molecule has 1 aromatic rings. The Kier molecular flexibility index (Phi) is 3.57. The standard InChI is InChI=1S/C13H18N2O/c1-10(11-6-3-2-4-7-11)15-13(16)12-8-5-9-14-12/h2-4,6-7,10,12,14H,5,8-9H2,1H3,(H,15,16)/t10?,12-/m0/s1. The Morgan fingerprint density at radius 3 is 2.81 bits per heavy atom. The van der Waals surface area contributed by atoms with E-state index in [2.05, 4.69) is 10.6 Å². The monoisotopic (exact) mass is 218 g/mol. The molecule has 3 nitrogen and oxygen atoms in total. The van der Waals surface area contributed by atoms with E-state index in [0.717, 1.165) is 24.9 Å². The number of hydrogen-bond acceptors (Lipinski definition) is 2. The average molecular weight is 218 g/mol. The molecule has 1 aliphatic rings. The van der Waals surface area contributed by atoms with Gasteiger partial charge in [0.15, 0.2) is 0 Å². The molecular weight excluding hydrogens is 200 g/mol. The zero-order chi connectivity index (χ0) is 11.4. The lowest BCUT2D eigenvalue weighted by Crippen LogP contribution is -2.41. The van der Waals surface area contributed by atoms with Crippen molar-refractivity contribution in [1.82, 2.24) is 10.6 Å². The summed E-state index contributed by atoms with van der Waals surface area (Å²) in [6.07, 6.45) is 2.05. The summed E-state index contributed by atoms with van der Waals surface area (Å²) in [6, 6.07) is 10.1. The Morgan fingerprint density at radius 2 is 2.19 bits per heavy atom. The third kappa shape index (κ3) is 2.61. The first kappa shape index (κ1) is 11.1. The number of carbonyl (C=O) groups excluding carboxylic acids is 1. The molecule has 1 saturated heterocycles. The summed E-state index contributed by atoms with van der Waals surface area (Å²) >= 11 is 0. The topological polar surface area (TPSA) is 41.1 Å². The van der Waals surface area contributed by atoms with Crippen LogP contribution in [0, 0.1) is 0 Å². The number of amides is 1. The van der Waals surface area contributed by atoms with Gasteiger partial charge in [0.25, 0.3) is 0 Å². The Labute approximate surface area is 96.2 Å². The van der Waals surface area contributed by atoms with Gasteiger partial charge in [0.05, 0.1) is 12.1 Å². The van der Waals surface area contributed by atoms with E-state index >= 15 is 0 Å². The normalized spacial score (nSPS) is 21.7. The zero-order valence-corrected chi connectivity index (χ0v) is 9.57. The van der Waals surface area contributed by atoms with Gasteiger partial charge in [-0.2, -0.15) is 0 Å². The molecule has 2 N–H and O–H groups in total. The minimum Gasteiger partial charge on any atom is -0.348 e. The van der Waals surface area contributed by atoms with Crippen LogP contribution in [0.3, 0.4) is 0 Å². The molecule has 1 amide bonds. The van der Waals surface area contributed by atoms with E-state index < -0.39 is 0 Å². The molecule has 1 unspecified atom stereocenters. The molecule has 0 aromatic heterocycles. The highest BCUT2D eigenvalue weighted by Crippen LogP contribution is 2.12. The molecule has 1 aliphatic heterocycles. The van der Waals surface area contributed by atoms with Crippen LogP contribution in [0.25, 0.3) is 0 Å². The first-order valence-corrected chi connectivity index (χ1v) is 5.86. The van der Waals surface area contributed by atoms with Crippen LogP contribution in [0.1, 0.15) is 31.4 Å². The van der Waals surface area contributed by atoms with E-state index in [1.807, 2.05) is 37.3 Å². The molecule has 0 saturated carbocycles. The Balaban J connectivity index is 1.92. The third-order valence-corrected chi connectivity index (χ3v) is 3.04. The van der Waals surface area contributed by atoms with Crippen LogP contribution < -0.4 is 10.6 Å². The van der Waals surface area contributed by atoms with Crippen LogP contribution >= 0.6 is 0 Å². The number of nitrogens with one attached hydrogen (secondary N) is 2. The quantitative estimate of drug-likeness (QED) is 0.809. The third-order valence-electron chi connectivity index (χ3n) is 3.04. The van der Waals surface area contributed by atoms with Gasteiger partial charge in [-0.15, -0.1) is 0 Å². The zero-order valence-electron chi connectivity index (χ0n) is 9.57. The van der Waals surface area contributed by atoms with Crippen molar-refractivity contribution >= 4 is 5.91 Å². The van der Waals surface area contributed by atoms with Gasteiger partial charge in [0.1, 0.15) is 0 Å². The smallest absolute Gasteiger partial charge is 0.237 e. The second-order valence-electron chi connectivity index (χ2n) is 4.29. The molecule has 1 fully saturated rings. The first-order chi connectivity index (χ1) is 7.77. The largest absolute Gasteiger partial charge is 0.348 e. The van der Waals surface area contributed by atoms with Crippen molar-refractivity contribution in [2.75, 3.05) is 6.54 Å². The number of hydrogen-bond donors (Lipinski definition) is 2. The van der Waals surface area contributed by atoms with Crippen LogP contribution in [-0.2, 0) is 4.79 Å². The van der Waals surface area contributed by atoms with Gasteiger partial charge < -0.3 is 10.6 Å². The van der Waals surface area contributed by atoms with Gasteiger partial charge in [0, 0.05) is 0 Å². The van der Waals surface area contributed by atoms with Crippen LogP contribution in [0.5, 0.6) is 0 Å². The molecule has 1 heterocycles. The van der Waals surface area contributed by atoms with E-state index in [1.165, 1.54) is 0 Å². The summed E-state index contributed by atoms with van der Waals surface area (Å²) in [4.78, 5) is 11.9. The first-order valence-electron chi connectivity index (χ1n) is 5.86. The molecular formula is C13H18N2O. The molecule has 2 atom stereocenters. The van der Waals surface area contributed by atoms with Crippen molar-refractivity contribution in [2.24, 2.45) is 0 Å². The number of benzene rings is 1. The second-order valence-corrected chi connectivity index (χ2v) is 4.29. The SMILES string of the molecule is CC(NC(=O)[C@@H]1CCCN1)c1ccccc1. The van der Waals surface area contributed by atoms with Crippen molar-refractivity contribution in [3.05, 3.63) is 35.9 Å². The van der Waals surface area contributed by atoms with Crippen LogP contribution in [0.15, 0.2) is 30.3 Å². The molecule has 1 aromatic carbocycles. The molecule has 3 heteroatoms. The fourth-order valence-corrected chi connectivity index (χ4v) is 2.05. The summed E-state index contributed by atoms with van der Waals surface area (Å²) in [5.74, 6) is 0.119. The van der Waals surface area contributed by atoms with Crippen LogP contribution in [0.4, 0.5) is 0 Å². The summed E-state index contributed by atoms with van der Waals surface area (Å²) in [6.45, 7) is 2.97. The highest BCUT2D eigenvalue weighted by Gasteiger charge is 2.23. The van der Waals surface area contributed by atoms with Crippen molar-refractivity contribution in [2.45, 2.75) is 31.8 Å². The van der Waals surface area contributed by atoms with E-state index in [0.29, 0.717) is 0 Å². The highest BCUT2D eigenvalue weighted by atomic mass is 16.2. The van der Waals surface area contributed by atoms with E-state index in [1.54, 1.807) is 0 Å². The lowest BCUT2D eigenvalue weighted by atomic mass is 10.1. The molecule has 0 radical (unpaired) electrons. The molecule has 2 rings (SSSR count). The second kappa shape index (κ2) is 5.12. The predicted octanol–water partition coefficient (Wildman–Crippen LogP) is 1.62. The molecule has 16 heavy (non-hydrogen) atoms. The summed E-state index contributed by atoms with van der Waals surface area (Å²) < 4.78 is 0. The molecule has 0 bridgehead atoms. The minimum absolute atomic E-state index is 0.00571. The van der Waals surface area contributed by atoms with Gasteiger partial charge in [-0.3, -0.25) is 4.79 Å². The van der Waals surface area contributed by atoms with Crippen molar-refractivity contribution in [3.63, 3.8) is 0 Å². The molecule has 86 valence electrons. The van der Waals surface area contributed by atoms with E-state index in [-0.39, 0.29) is 18.0 Å². The van der Waals surface area contributed by atoms with E-state index in [9.17, 15) is 4.79 Å². The van der Waals surface area contributed by atoms with Crippen molar-refractivity contribution in [1.29, 1.82) is 0 Å².